The summed E-state index contributed by atoms with van der Waals surface area (Å²) in [7, 11) is 0. The van der Waals surface area contributed by atoms with Gasteiger partial charge in [0, 0.05) is 8.04 Å². The summed E-state index contributed by atoms with van der Waals surface area (Å²) in [5.74, 6) is -0.172. The van der Waals surface area contributed by atoms with E-state index in [0.29, 0.717) is 5.56 Å². The summed E-state index contributed by atoms with van der Waals surface area (Å²) in [5, 5.41) is 12.3. The summed E-state index contributed by atoms with van der Waals surface area (Å²) in [4.78, 5) is 12.4. The van der Waals surface area contributed by atoms with E-state index in [0.717, 1.165) is 40.1 Å². The van der Waals surface area contributed by atoms with Crippen LogP contribution in [0.3, 0.4) is 0 Å². The Balaban J connectivity index is 2.20. The maximum absolute atomic E-state index is 12.4. The first-order valence-electron chi connectivity index (χ1n) is 6.25. The van der Waals surface area contributed by atoms with Crippen LogP contribution in [0.2, 0.25) is 0 Å². The third kappa shape index (κ3) is 3.48. The number of halogens is 2. The summed E-state index contributed by atoms with van der Waals surface area (Å²) < 4.78 is 1.76. The molecule has 0 aromatic heterocycles. The Hall–Kier alpha value is -0.610. The van der Waals surface area contributed by atoms with Gasteiger partial charge in [0.2, 0.25) is 0 Å². The first-order valence-corrected chi connectivity index (χ1v) is 8.12. The highest BCUT2D eigenvalue weighted by atomic mass is 127. The van der Waals surface area contributed by atoms with Crippen molar-refractivity contribution in [2.45, 2.75) is 37.6 Å². The van der Waals surface area contributed by atoms with E-state index in [1.165, 1.54) is 0 Å². The van der Waals surface area contributed by atoms with E-state index in [-0.39, 0.29) is 5.91 Å². The van der Waals surface area contributed by atoms with Gasteiger partial charge in [-0.1, -0.05) is 19.3 Å². The number of rotatable bonds is 2. The molecule has 1 aliphatic rings. The number of amides is 1. The molecule has 0 bridgehead atoms. The molecule has 3 nitrogen and oxygen atoms in total. The van der Waals surface area contributed by atoms with Crippen molar-refractivity contribution in [3.63, 3.8) is 0 Å². The van der Waals surface area contributed by atoms with Crippen molar-refractivity contribution < 1.29 is 4.79 Å². The molecule has 1 N–H and O–H groups in total. The van der Waals surface area contributed by atoms with E-state index < -0.39 is 5.54 Å². The highest BCUT2D eigenvalue weighted by molar-refractivity contribution is 14.1. The lowest BCUT2D eigenvalue weighted by Gasteiger charge is -2.31. The summed E-state index contributed by atoms with van der Waals surface area (Å²) in [6.45, 7) is 0. The number of benzene rings is 1. The molecule has 0 aliphatic heterocycles. The van der Waals surface area contributed by atoms with E-state index in [1.807, 2.05) is 18.2 Å². The largest absolute Gasteiger partial charge is 0.334 e. The van der Waals surface area contributed by atoms with E-state index in [4.69, 9.17) is 0 Å². The Morgan fingerprint density at radius 2 is 2.05 bits per heavy atom. The molecule has 0 heterocycles. The summed E-state index contributed by atoms with van der Waals surface area (Å²) in [5.41, 5.74) is -0.0946. The molecule has 0 saturated heterocycles. The van der Waals surface area contributed by atoms with Gasteiger partial charge in [-0.25, -0.2) is 0 Å². The van der Waals surface area contributed by atoms with Crippen LogP contribution in [0.25, 0.3) is 0 Å². The van der Waals surface area contributed by atoms with Crippen molar-refractivity contribution >= 4 is 44.4 Å². The second kappa shape index (κ2) is 6.23. The Bertz CT molecular complexity index is 533. The molecule has 0 radical (unpaired) electrons. The topological polar surface area (TPSA) is 52.9 Å². The minimum atomic E-state index is -0.684. The zero-order chi connectivity index (χ0) is 13.9. The van der Waals surface area contributed by atoms with Gasteiger partial charge in [0.15, 0.2) is 0 Å². The normalized spacial score (nSPS) is 17.5. The fourth-order valence-corrected chi connectivity index (χ4v) is 3.29. The van der Waals surface area contributed by atoms with Gasteiger partial charge in [-0.2, -0.15) is 5.26 Å². The summed E-state index contributed by atoms with van der Waals surface area (Å²) in [6.07, 6.45) is 4.64. The maximum atomic E-state index is 12.4. The number of hydrogen-bond donors (Lipinski definition) is 1. The van der Waals surface area contributed by atoms with Gasteiger partial charge < -0.3 is 5.32 Å². The lowest BCUT2D eigenvalue weighted by molar-refractivity contribution is 0.0902. The van der Waals surface area contributed by atoms with Gasteiger partial charge in [-0.3, -0.25) is 4.79 Å². The second-order valence-electron chi connectivity index (χ2n) is 4.83. The molecule has 1 aromatic rings. The van der Waals surface area contributed by atoms with Crippen molar-refractivity contribution in [1.29, 1.82) is 5.26 Å². The Kier molecular flexibility index (Phi) is 4.85. The quantitative estimate of drug-likeness (QED) is 0.718. The lowest BCUT2D eigenvalue weighted by atomic mass is 9.82. The summed E-state index contributed by atoms with van der Waals surface area (Å²) in [6, 6.07) is 7.92. The molecule has 2 rings (SSSR count). The molecule has 100 valence electrons. The minimum absolute atomic E-state index is 0.172. The van der Waals surface area contributed by atoms with Gasteiger partial charge >= 0.3 is 0 Å². The van der Waals surface area contributed by atoms with Gasteiger partial charge in [-0.15, -0.1) is 0 Å². The molecule has 1 amide bonds. The number of carbonyl (C=O) groups is 1. The van der Waals surface area contributed by atoms with Crippen LogP contribution in [0.1, 0.15) is 42.5 Å². The van der Waals surface area contributed by atoms with Crippen molar-refractivity contribution in [2.75, 3.05) is 0 Å². The third-order valence-corrected chi connectivity index (χ3v) is 4.81. The Morgan fingerprint density at radius 3 is 2.68 bits per heavy atom. The zero-order valence-corrected chi connectivity index (χ0v) is 14.1. The molecule has 0 unspecified atom stereocenters. The monoisotopic (exact) mass is 432 g/mol. The average Bonchev–Trinajstić information content (AvgIpc) is 2.42. The fraction of sp³-hybridized carbons (Fsp3) is 0.429. The fourth-order valence-electron chi connectivity index (χ4n) is 2.38. The number of nitriles is 1. The Morgan fingerprint density at radius 1 is 1.37 bits per heavy atom. The van der Waals surface area contributed by atoms with Crippen LogP contribution in [0.5, 0.6) is 0 Å². The van der Waals surface area contributed by atoms with Crippen molar-refractivity contribution in [2.24, 2.45) is 0 Å². The molecule has 19 heavy (non-hydrogen) atoms. The van der Waals surface area contributed by atoms with Crippen LogP contribution in [0.15, 0.2) is 22.7 Å². The molecule has 1 aliphatic carbocycles. The number of nitrogens with one attached hydrogen (secondary N) is 1. The predicted octanol–water partition coefficient (Wildman–Crippen LogP) is 4.01. The number of nitrogens with zero attached hydrogens (tertiary/aromatic N) is 1. The molecule has 1 aromatic carbocycles. The van der Waals surface area contributed by atoms with Gasteiger partial charge in [0.25, 0.3) is 5.91 Å². The summed E-state index contributed by atoms with van der Waals surface area (Å²) >= 11 is 5.56. The van der Waals surface area contributed by atoms with E-state index in [1.54, 1.807) is 0 Å². The molecule has 0 atom stereocenters. The second-order valence-corrected chi connectivity index (χ2v) is 6.93. The first-order chi connectivity index (χ1) is 9.06. The van der Waals surface area contributed by atoms with Crippen LogP contribution in [-0.4, -0.2) is 11.4 Å². The average molecular weight is 433 g/mol. The van der Waals surface area contributed by atoms with Crippen LogP contribution in [-0.2, 0) is 0 Å². The van der Waals surface area contributed by atoms with Crippen molar-refractivity contribution in [3.8, 4) is 6.07 Å². The van der Waals surface area contributed by atoms with Crippen molar-refractivity contribution in [1.82, 2.24) is 5.32 Å². The first kappa shape index (κ1) is 14.8. The SMILES string of the molecule is N#CC1(NC(=O)c2cc(I)ccc2Br)CCCCC1. The molecule has 5 heteroatoms. The molecule has 0 spiro atoms. The Labute approximate surface area is 135 Å². The van der Waals surface area contributed by atoms with Gasteiger partial charge in [0.05, 0.1) is 11.6 Å². The third-order valence-electron chi connectivity index (χ3n) is 3.45. The molecule has 1 saturated carbocycles. The van der Waals surface area contributed by atoms with Crippen LogP contribution in [0, 0.1) is 14.9 Å². The minimum Gasteiger partial charge on any atom is -0.334 e. The highest BCUT2D eigenvalue weighted by Gasteiger charge is 2.34. The van der Waals surface area contributed by atoms with Crippen molar-refractivity contribution in [3.05, 3.63) is 31.8 Å². The van der Waals surface area contributed by atoms with Crippen LogP contribution < -0.4 is 5.32 Å². The smallest absolute Gasteiger partial charge is 0.253 e. The van der Waals surface area contributed by atoms with E-state index >= 15 is 0 Å². The maximum Gasteiger partial charge on any atom is 0.253 e. The molecule has 1 fully saturated rings. The van der Waals surface area contributed by atoms with E-state index in [2.05, 4.69) is 49.9 Å². The standard InChI is InChI=1S/C14H14BrIN2O/c15-12-5-4-10(16)8-11(12)13(19)18-14(9-17)6-2-1-3-7-14/h4-5,8H,1-3,6-7H2,(H,18,19). The van der Waals surface area contributed by atoms with Gasteiger partial charge in [-0.05, 0) is 69.6 Å². The molecular weight excluding hydrogens is 419 g/mol. The number of carbonyl (C=O) groups excluding carboxylic acids is 1. The van der Waals surface area contributed by atoms with Crippen LogP contribution in [0.4, 0.5) is 0 Å². The lowest BCUT2D eigenvalue weighted by Crippen LogP contribution is -2.48. The van der Waals surface area contributed by atoms with Gasteiger partial charge in [0.1, 0.15) is 5.54 Å². The number of hydrogen-bond acceptors (Lipinski definition) is 2. The van der Waals surface area contributed by atoms with Crippen LogP contribution >= 0.6 is 38.5 Å². The highest BCUT2D eigenvalue weighted by Crippen LogP contribution is 2.28. The predicted molar refractivity (Wildman–Crippen MR) is 85.8 cm³/mol. The van der Waals surface area contributed by atoms with E-state index in [9.17, 15) is 10.1 Å². The molecular formula is C14H14BrIN2O. The zero-order valence-electron chi connectivity index (χ0n) is 10.4.